The minimum absolute atomic E-state index is 0.0253. The van der Waals surface area contributed by atoms with E-state index in [0.29, 0.717) is 23.7 Å². The quantitative estimate of drug-likeness (QED) is 0.682. The minimum atomic E-state index is -0.601. The second kappa shape index (κ2) is 8.90. The Morgan fingerprint density at radius 1 is 1.07 bits per heavy atom. The smallest absolute Gasteiger partial charge is 0.257 e. The van der Waals surface area contributed by atoms with E-state index in [4.69, 9.17) is 4.52 Å². The molecule has 1 atom stereocenters. The summed E-state index contributed by atoms with van der Waals surface area (Å²) in [5, 5.41) is 6.72. The molecule has 7 heteroatoms. The van der Waals surface area contributed by atoms with Crippen molar-refractivity contribution < 1.29 is 14.1 Å². The van der Waals surface area contributed by atoms with Crippen molar-refractivity contribution in [1.82, 2.24) is 20.4 Å². The number of benzene rings is 2. The van der Waals surface area contributed by atoms with Crippen molar-refractivity contribution in [3.63, 3.8) is 0 Å². The molecule has 1 N–H and O–H groups in total. The molecule has 1 unspecified atom stereocenters. The molecule has 7 nitrogen and oxygen atoms in total. The number of likely N-dealkylation sites (tertiary alicyclic amines) is 1. The van der Waals surface area contributed by atoms with Crippen LogP contribution in [0.2, 0.25) is 0 Å². The summed E-state index contributed by atoms with van der Waals surface area (Å²) in [6.45, 7) is 3.25. The number of aromatic nitrogens is 2. The van der Waals surface area contributed by atoms with Crippen LogP contribution in [0.25, 0.3) is 11.5 Å². The van der Waals surface area contributed by atoms with E-state index in [-0.39, 0.29) is 11.8 Å². The van der Waals surface area contributed by atoms with Crippen LogP contribution >= 0.6 is 0 Å². The number of carbonyl (C=O) groups is 2. The molecule has 0 spiro atoms. The van der Waals surface area contributed by atoms with Gasteiger partial charge in [0.1, 0.15) is 6.04 Å². The van der Waals surface area contributed by atoms with Crippen LogP contribution in [0.15, 0.2) is 59.1 Å². The molecule has 0 radical (unpaired) electrons. The van der Waals surface area contributed by atoms with Gasteiger partial charge >= 0.3 is 0 Å². The fraction of sp³-hybridized carbons (Fsp3) is 0.304. The van der Waals surface area contributed by atoms with E-state index in [1.54, 1.807) is 31.2 Å². The predicted octanol–water partition coefficient (Wildman–Crippen LogP) is 3.01. The largest absolute Gasteiger partial charge is 0.341 e. The van der Waals surface area contributed by atoms with Crippen molar-refractivity contribution >= 4 is 11.8 Å². The molecule has 1 saturated heterocycles. The van der Waals surface area contributed by atoms with E-state index < -0.39 is 6.04 Å². The lowest BCUT2D eigenvalue weighted by Gasteiger charge is -2.24. The van der Waals surface area contributed by atoms with Crippen molar-refractivity contribution in [1.29, 1.82) is 0 Å². The van der Waals surface area contributed by atoms with Crippen LogP contribution in [-0.4, -0.2) is 46.0 Å². The summed E-state index contributed by atoms with van der Waals surface area (Å²) in [7, 11) is 0. The molecule has 2 aromatic carbocycles. The predicted molar refractivity (Wildman–Crippen MR) is 112 cm³/mol. The van der Waals surface area contributed by atoms with E-state index in [9.17, 15) is 9.59 Å². The lowest BCUT2D eigenvalue weighted by Crippen LogP contribution is -2.49. The highest BCUT2D eigenvalue weighted by molar-refractivity contribution is 5.98. The highest BCUT2D eigenvalue weighted by atomic mass is 16.5. The lowest BCUT2D eigenvalue weighted by molar-refractivity contribution is -0.132. The Kier molecular flexibility index (Phi) is 5.88. The molecular formula is C23H24N4O3. The molecular weight excluding hydrogens is 380 g/mol. The molecule has 2 amide bonds. The Morgan fingerprint density at radius 2 is 1.77 bits per heavy atom. The van der Waals surface area contributed by atoms with Crippen molar-refractivity contribution in [2.24, 2.45) is 0 Å². The topological polar surface area (TPSA) is 88.3 Å². The first-order valence-corrected chi connectivity index (χ1v) is 10.1. The van der Waals surface area contributed by atoms with Gasteiger partial charge in [-0.25, -0.2) is 0 Å². The third-order valence-corrected chi connectivity index (χ3v) is 5.23. The zero-order chi connectivity index (χ0) is 20.9. The second-order valence-electron chi connectivity index (χ2n) is 7.47. The Labute approximate surface area is 175 Å². The molecule has 30 heavy (non-hydrogen) atoms. The molecule has 1 aliphatic rings. The van der Waals surface area contributed by atoms with Crippen LogP contribution in [-0.2, 0) is 11.2 Å². The van der Waals surface area contributed by atoms with E-state index >= 15 is 0 Å². The Morgan fingerprint density at radius 3 is 2.40 bits per heavy atom. The average Bonchev–Trinajstić information content (AvgIpc) is 3.46. The first-order valence-electron chi connectivity index (χ1n) is 10.1. The fourth-order valence-corrected chi connectivity index (χ4v) is 3.63. The summed E-state index contributed by atoms with van der Waals surface area (Å²) in [6.07, 6.45) is 2.48. The third kappa shape index (κ3) is 4.56. The Balaban J connectivity index is 1.49. The summed E-state index contributed by atoms with van der Waals surface area (Å²) in [4.78, 5) is 32.0. The van der Waals surface area contributed by atoms with Gasteiger partial charge in [-0.1, -0.05) is 35.5 Å². The van der Waals surface area contributed by atoms with Gasteiger partial charge in [0.05, 0.1) is 0 Å². The summed E-state index contributed by atoms with van der Waals surface area (Å²) in [5.41, 5.74) is 2.22. The zero-order valence-electron chi connectivity index (χ0n) is 16.9. The Bertz CT molecular complexity index is 1010. The van der Waals surface area contributed by atoms with Gasteiger partial charge in [0.25, 0.3) is 11.8 Å². The summed E-state index contributed by atoms with van der Waals surface area (Å²) in [6, 6.07) is 16.1. The van der Waals surface area contributed by atoms with Gasteiger partial charge in [0.15, 0.2) is 5.82 Å². The molecule has 1 aliphatic heterocycles. The monoisotopic (exact) mass is 404 g/mol. The van der Waals surface area contributed by atoms with Crippen molar-refractivity contribution in [2.75, 3.05) is 13.1 Å². The van der Waals surface area contributed by atoms with Crippen molar-refractivity contribution in [3.8, 4) is 11.5 Å². The maximum Gasteiger partial charge on any atom is 0.257 e. The van der Waals surface area contributed by atoms with Gasteiger partial charge < -0.3 is 14.7 Å². The molecule has 2 heterocycles. The van der Waals surface area contributed by atoms with E-state index in [1.165, 1.54) is 0 Å². The van der Waals surface area contributed by atoms with E-state index in [2.05, 4.69) is 15.5 Å². The van der Waals surface area contributed by atoms with Crippen LogP contribution in [0.5, 0.6) is 0 Å². The number of hydrogen-bond acceptors (Lipinski definition) is 5. The maximum atomic E-state index is 13.0. The van der Waals surface area contributed by atoms with Gasteiger partial charge in [0, 0.05) is 30.6 Å². The molecule has 0 bridgehead atoms. The standard InChI is InChI=1S/C23H24N4O3/c1-16-24-22(30-26-16)19-11-9-18(10-12-19)21(28)25-20(15-17-7-3-2-4-8-17)23(29)27-13-5-6-14-27/h2-4,7-12,20H,5-6,13-15H2,1H3,(H,25,28). The fourth-order valence-electron chi connectivity index (χ4n) is 3.63. The van der Waals surface area contributed by atoms with Gasteiger partial charge in [-0.15, -0.1) is 0 Å². The van der Waals surface area contributed by atoms with Gasteiger partial charge in [-0.2, -0.15) is 4.98 Å². The van der Waals surface area contributed by atoms with Crippen LogP contribution in [0.3, 0.4) is 0 Å². The first-order chi connectivity index (χ1) is 14.6. The third-order valence-electron chi connectivity index (χ3n) is 5.23. The highest BCUT2D eigenvalue weighted by Gasteiger charge is 2.28. The number of aryl methyl sites for hydroxylation is 1. The first kappa shape index (κ1) is 19.8. The summed E-state index contributed by atoms with van der Waals surface area (Å²) >= 11 is 0. The minimum Gasteiger partial charge on any atom is -0.341 e. The van der Waals surface area contributed by atoms with Crippen LogP contribution < -0.4 is 5.32 Å². The second-order valence-corrected chi connectivity index (χ2v) is 7.47. The molecule has 0 saturated carbocycles. The molecule has 4 rings (SSSR count). The number of nitrogens with zero attached hydrogens (tertiary/aromatic N) is 3. The van der Waals surface area contributed by atoms with Gasteiger partial charge in [0.2, 0.25) is 5.91 Å². The normalized spacial score (nSPS) is 14.5. The summed E-state index contributed by atoms with van der Waals surface area (Å²) < 4.78 is 5.16. The SMILES string of the molecule is Cc1noc(-c2ccc(C(=O)NC(Cc3ccccc3)C(=O)N3CCCC3)cc2)n1. The van der Waals surface area contributed by atoms with Crippen LogP contribution in [0.4, 0.5) is 0 Å². The molecule has 154 valence electrons. The number of nitrogens with one attached hydrogen (secondary N) is 1. The highest BCUT2D eigenvalue weighted by Crippen LogP contribution is 2.18. The summed E-state index contributed by atoms with van der Waals surface area (Å²) in [5.74, 6) is 0.654. The molecule has 1 aromatic heterocycles. The average molecular weight is 404 g/mol. The van der Waals surface area contributed by atoms with Crippen LogP contribution in [0, 0.1) is 6.92 Å². The molecule has 3 aromatic rings. The van der Waals surface area contributed by atoms with Crippen LogP contribution in [0.1, 0.15) is 34.6 Å². The number of hydrogen-bond donors (Lipinski definition) is 1. The van der Waals surface area contributed by atoms with E-state index in [0.717, 1.165) is 37.1 Å². The maximum absolute atomic E-state index is 13.0. The lowest BCUT2D eigenvalue weighted by atomic mass is 10.0. The zero-order valence-corrected chi connectivity index (χ0v) is 16.9. The van der Waals surface area contributed by atoms with Crippen molar-refractivity contribution in [3.05, 3.63) is 71.5 Å². The van der Waals surface area contributed by atoms with E-state index in [1.807, 2.05) is 35.2 Å². The van der Waals surface area contributed by atoms with Gasteiger partial charge in [-0.3, -0.25) is 9.59 Å². The number of amides is 2. The molecule has 0 aliphatic carbocycles. The number of rotatable bonds is 6. The Hall–Kier alpha value is -3.48. The van der Waals surface area contributed by atoms with Crippen molar-refractivity contribution in [2.45, 2.75) is 32.2 Å². The molecule has 1 fully saturated rings. The van der Waals surface area contributed by atoms with Gasteiger partial charge in [-0.05, 0) is 49.6 Å². The number of carbonyl (C=O) groups excluding carboxylic acids is 2.